The number of benzene rings is 1. The minimum absolute atomic E-state index is 0.484. The lowest BCUT2D eigenvalue weighted by atomic mass is 10.1. The Morgan fingerprint density at radius 1 is 1.21 bits per heavy atom. The molecule has 3 aromatic rings. The van der Waals surface area contributed by atoms with Crippen LogP contribution in [0.5, 0.6) is 0 Å². The number of aryl methyl sites for hydroxylation is 3. The van der Waals surface area contributed by atoms with Gasteiger partial charge >= 0.3 is 0 Å². The molecule has 1 N–H and O–H groups in total. The van der Waals surface area contributed by atoms with Crippen molar-refractivity contribution in [2.45, 2.75) is 33.0 Å². The maximum atomic E-state index is 10.4. The zero-order valence-corrected chi connectivity index (χ0v) is 14.6. The Morgan fingerprint density at radius 3 is 2.67 bits per heavy atom. The fourth-order valence-corrected chi connectivity index (χ4v) is 2.87. The highest BCUT2D eigenvalue weighted by Crippen LogP contribution is 2.18. The van der Waals surface area contributed by atoms with E-state index in [2.05, 4.69) is 41.0 Å². The maximum absolute atomic E-state index is 10.4. The molecular formula is C17H24N6O. The lowest BCUT2D eigenvalue weighted by Gasteiger charge is -2.20. The van der Waals surface area contributed by atoms with E-state index in [0.29, 0.717) is 19.6 Å². The smallest absolute Gasteiger partial charge is 0.140 e. The first-order chi connectivity index (χ1) is 11.4. The Morgan fingerprint density at radius 2 is 1.96 bits per heavy atom. The highest BCUT2D eigenvalue weighted by Gasteiger charge is 2.13. The SMILES string of the molecule is Cc1cc2ncn(CC(O)CN(C)Cc3ncnn3C)c2cc1C. The summed E-state index contributed by atoms with van der Waals surface area (Å²) < 4.78 is 3.76. The van der Waals surface area contributed by atoms with Crippen molar-refractivity contribution in [3.05, 3.63) is 41.7 Å². The van der Waals surface area contributed by atoms with Crippen LogP contribution in [0.4, 0.5) is 0 Å². The van der Waals surface area contributed by atoms with Crippen LogP contribution >= 0.6 is 0 Å². The molecule has 0 aliphatic heterocycles. The van der Waals surface area contributed by atoms with Crippen molar-refractivity contribution in [1.29, 1.82) is 0 Å². The molecule has 1 aromatic carbocycles. The Bertz CT molecular complexity index is 837. The third-order valence-electron chi connectivity index (χ3n) is 4.38. The van der Waals surface area contributed by atoms with E-state index in [4.69, 9.17) is 0 Å². The lowest BCUT2D eigenvalue weighted by molar-refractivity contribution is 0.106. The zero-order chi connectivity index (χ0) is 17.3. The van der Waals surface area contributed by atoms with Crippen LogP contribution in [-0.4, -0.2) is 54.0 Å². The minimum Gasteiger partial charge on any atom is -0.390 e. The monoisotopic (exact) mass is 328 g/mol. The van der Waals surface area contributed by atoms with Crippen LogP contribution in [0.2, 0.25) is 0 Å². The van der Waals surface area contributed by atoms with Gasteiger partial charge < -0.3 is 9.67 Å². The van der Waals surface area contributed by atoms with Gasteiger partial charge in [0, 0.05) is 13.6 Å². The Balaban J connectivity index is 1.65. The molecule has 0 bridgehead atoms. The Hall–Kier alpha value is -2.25. The third kappa shape index (κ3) is 3.47. The van der Waals surface area contributed by atoms with Gasteiger partial charge in [0.25, 0.3) is 0 Å². The van der Waals surface area contributed by atoms with Gasteiger partial charge in [0.2, 0.25) is 0 Å². The van der Waals surface area contributed by atoms with Crippen molar-refractivity contribution in [1.82, 2.24) is 29.2 Å². The molecule has 1 unspecified atom stereocenters. The van der Waals surface area contributed by atoms with E-state index in [0.717, 1.165) is 16.9 Å². The zero-order valence-electron chi connectivity index (χ0n) is 14.6. The van der Waals surface area contributed by atoms with Crippen LogP contribution in [0.3, 0.4) is 0 Å². The number of fused-ring (bicyclic) bond motifs is 1. The molecule has 7 nitrogen and oxygen atoms in total. The van der Waals surface area contributed by atoms with Gasteiger partial charge in [-0.3, -0.25) is 9.58 Å². The molecule has 0 aliphatic rings. The average molecular weight is 328 g/mol. The second-order valence-electron chi connectivity index (χ2n) is 6.47. The van der Waals surface area contributed by atoms with Crippen LogP contribution in [0.25, 0.3) is 11.0 Å². The number of aliphatic hydroxyl groups is 1. The summed E-state index contributed by atoms with van der Waals surface area (Å²) in [6.07, 6.45) is 2.86. The van der Waals surface area contributed by atoms with Gasteiger partial charge in [0.1, 0.15) is 12.2 Å². The van der Waals surface area contributed by atoms with Gasteiger partial charge in [0.15, 0.2) is 0 Å². The van der Waals surface area contributed by atoms with Crippen molar-refractivity contribution < 1.29 is 5.11 Å². The van der Waals surface area contributed by atoms with E-state index < -0.39 is 6.10 Å². The number of imidazole rings is 1. The predicted molar refractivity (Wildman–Crippen MR) is 92.6 cm³/mol. The van der Waals surface area contributed by atoms with Crippen LogP contribution in [0, 0.1) is 13.8 Å². The molecule has 0 amide bonds. The van der Waals surface area contributed by atoms with Crippen molar-refractivity contribution >= 4 is 11.0 Å². The number of nitrogens with zero attached hydrogens (tertiary/aromatic N) is 6. The molecule has 0 aliphatic carbocycles. The molecule has 2 heterocycles. The highest BCUT2D eigenvalue weighted by atomic mass is 16.3. The largest absolute Gasteiger partial charge is 0.390 e. The van der Waals surface area contributed by atoms with Gasteiger partial charge in [-0.2, -0.15) is 5.10 Å². The van der Waals surface area contributed by atoms with E-state index in [1.165, 1.54) is 11.1 Å². The first kappa shape index (κ1) is 16.6. The summed E-state index contributed by atoms with van der Waals surface area (Å²) in [5.74, 6) is 0.879. The molecule has 0 saturated heterocycles. The standard InChI is InChI=1S/C17H24N6O/c1-12-5-15-16(6-13(12)2)23(11-19-15)8-14(24)7-21(3)9-17-18-10-20-22(17)4/h5-6,10-11,14,24H,7-9H2,1-4H3. The molecule has 128 valence electrons. The molecule has 0 spiro atoms. The lowest BCUT2D eigenvalue weighted by Crippen LogP contribution is -2.32. The molecule has 0 saturated carbocycles. The number of likely N-dealkylation sites (N-methyl/N-ethyl adjacent to an activating group) is 1. The molecule has 1 atom stereocenters. The van der Waals surface area contributed by atoms with E-state index in [9.17, 15) is 5.11 Å². The third-order valence-corrected chi connectivity index (χ3v) is 4.38. The summed E-state index contributed by atoms with van der Waals surface area (Å²) in [5, 5.41) is 14.5. The molecule has 2 aromatic heterocycles. The number of hydrogen-bond acceptors (Lipinski definition) is 5. The van der Waals surface area contributed by atoms with Gasteiger partial charge in [-0.25, -0.2) is 9.97 Å². The normalized spacial score (nSPS) is 13.1. The minimum atomic E-state index is -0.484. The molecule has 24 heavy (non-hydrogen) atoms. The topological polar surface area (TPSA) is 72.0 Å². The van der Waals surface area contributed by atoms with Gasteiger partial charge in [0.05, 0.1) is 36.6 Å². The fourth-order valence-electron chi connectivity index (χ4n) is 2.87. The van der Waals surface area contributed by atoms with Crippen molar-refractivity contribution in [3.8, 4) is 0 Å². The Kier molecular flexibility index (Phi) is 4.64. The maximum Gasteiger partial charge on any atom is 0.140 e. The van der Waals surface area contributed by atoms with Crippen LogP contribution in [-0.2, 0) is 20.1 Å². The van der Waals surface area contributed by atoms with E-state index in [1.807, 2.05) is 23.6 Å². The summed E-state index contributed by atoms with van der Waals surface area (Å²) >= 11 is 0. The molecular weight excluding hydrogens is 304 g/mol. The molecule has 0 fully saturated rings. The summed E-state index contributed by atoms with van der Waals surface area (Å²) in [6, 6.07) is 4.22. The first-order valence-electron chi connectivity index (χ1n) is 8.05. The van der Waals surface area contributed by atoms with Crippen LogP contribution in [0.15, 0.2) is 24.8 Å². The number of aliphatic hydroxyl groups excluding tert-OH is 1. The second kappa shape index (κ2) is 6.70. The second-order valence-corrected chi connectivity index (χ2v) is 6.47. The summed E-state index contributed by atoms with van der Waals surface area (Å²) in [6.45, 7) is 5.90. The van der Waals surface area contributed by atoms with Crippen LogP contribution < -0.4 is 0 Å². The van der Waals surface area contributed by atoms with Gasteiger partial charge in [-0.15, -0.1) is 0 Å². The summed E-state index contributed by atoms with van der Waals surface area (Å²) in [7, 11) is 3.84. The average Bonchev–Trinajstić information content (AvgIpc) is 3.07. The molecule has 7 heteroatoms. The molecule has 0 radical (unpaired) electrons. The number of aromatic nitrogens is 5. The summed E-state index contributed by atoms with van der Waals surface area (Å²) in [4.78, 5) is 10.7. The van der Waals surface area contributed by atoms with Gasteiger partial charge in [-0.05, 0) is 44.2 Å². The quantitative estimate of drug-likeness (QED) is 0.738. The number of hydrogen-bond donors (Lipinski definition) is 1. The predicted octanol–water partition coefficient (Wildman–Crippen LogP) is 1.27. The van der Waals surface area contributed by atoms with Crippen molar-refractivity contribution in [2.75, 3.05) is 13.6 Å². The summed E-state index contributed by atoms with van der Waals surface area (Å²) in [5.41, 5.74) is 4.50. The van der Waals surface area contributed by atoms with E-state index >= 15 is 0 Å². The van der Waals surface area contributed by atoms with Crippen molar-refractivity contribution in [3.63, 3.8) is 0 Å². The van der Waals surface area contributed by atoms with E-state index in [1.54, 1.807) is 17.3 Å². The van der Waals surface area contributed by atoms with E-state index in [-0.39, 0.29) is 0 Å². The highest BCUT2D eigenvalue weighted by molar-refractivity contribution is 5.77. The first-order valence-corrected chi connectivity index (χ1v) is 8.05. The van der Waals surface area contributed by atoms with Gasteiger partial charge in [-0.1, -0.05) is 0 Å². The Labute approximate surface area is 141 Å². The molecule has 3 rings (SSSR count). The van der Waals surface area contributed by atoms with Crippen molar-refractivity contribution in [2.24, 2.45) is 7.05 Å². The number of rotatable bonds is 6. The fraction of sp³-hybridized carbons (Fsp3) is 0.471. The van der Waals surface area contributed by atoms with Crippen LogP contribution in [0.1, 0.15) is 17.0 Å².